The highest BCUT2D eigenvalue weighted by atomic mass is 16.3. The van der Waals surface area contributed by atoms with Gasteiger partial charge < -0.3 is 10.0 Å². The summed E-state index contributed by atoms with van der Waals surface area (Å²) >= 11 is 0. The molecule has 1 aromatic heterocycles. The summed E-state index contributed by atoms with van der Waals surface area (Å²) in [6, 6.07) is 2.00. The normalized spacial score (nSPS) is 18.7. The highest BCUT2D eigenvalue weighted by Gasteiger charge is 2.40. The van der Waals surface area contributed by atoms with Crippen molar-refractivity contribution in [3.63, 3.8) is 0 Å². The van der Waals surface area contributed by atoms with Crippen molar-refractivity contribution in [2.45, 2.75) is 32.3 Å². The van der Waals surface area contributed by atoms with E-state index in [0.717, 1.165) is 24.2 Å². The van der Waals surface area contributed by atoms with Gasteiger partial charge in [-0.1, -0.05) is 13.3 Å². The summed E-state index contributed by atoms with van der Waals surface area (Å²) in [6.45, 7) is 5.45. The molecule has 0 aromatic carbocycles. The molecule has 0 unspecified atom stereocenters. The van der Waals surface area contributed by atoms with Crippen LogP contribution in [0.2, 0.25) is 0 Å². The summed E-state index contributed by atoms with van der Waals surface area (Å²) in [6.07, 6.45) is 3.62. The van der Waals surface area contributed by atoms with Crippen molar-refractivity contribution in [2.24, 2.45) is 0 Å². The fourth-order valence-electron chi connectivity index (χ4n) is 2.05. The Bertz CT molecular complexity index is 347. The lowest BCUT2D eigenvalue weighted by Gasteiger charge is -2.47. The Morgan fingerprint density at radius 1 is 1.53 bits per heavy atom. The van der Waals surface area contributed by atoms with E-state index in [-0.39, 0.29) is 0 Å². The topological polar surface area (TPSA) is 49.2 Å². The van der Waals surface area contributed by atoms with E-state index in [1.807, 2.05) is 13.0 Å². The fraction of sp³-hybridized carbons (Fsp3) is 0.636. The van der Waals surface area contributed by atoms with Gasteiger partial charge in [0.2, 0.25) is 0 Å². The van der Waals surface area contributed by atoms with Gasteiger partial charge in [0.1, 0.15) is 0 Å². The highest BCUT2D eigenvalue weighted by Crippen LogP contribution is 2.29. The van der Waals surface area contributed by atoms with Crippen LogP contribution >= 0.6 is 0 Å². The summed E-state index contributed by atoms with van der Waals surface area (Å²) in [7, 11) is 0. The van der Waals surface area contributed by atoms with Crippen LogP contribution in [-0.2, 0) is 0 Å². The Kier molecular flexibility index (Phi) is 2.61. The molecule has 0 amide bonds. The fourth-order valence-corrected chi connectivity index (χ4v) is 2.05. The number of aromatic nitrogens is 2. The third-order valence-corrected chi connectivity index (χ3v) is 2.79. The lowest BCUT2D eigenvalue weighted by Crippen LogP contribution is -2.62. The average Bonchev–Trinajstić information content (AvgIpc) is 2.14. The van der Waals surface area contributed by atoms with Gasteiger partial charge in [0.15, 0.2) is 5.82 Å². The maximum Gasteiger partial charge on any atom is 0.151 e. The molecule has 4 heteroatoms. The number of nitrogens with zero attached hydrogens (tertiary/aromatic N) is 3. The average molecular weight is 207 g/mol. The molecule has 1 saturated heterocycles. The molecule has 15 heavy (non-hydrogen) atoms. The maximum absolute atomic E-state index is 10.0. The van der Waals surface area contributed by atoms with Gasteiger partial charge in [0.05, 0.1) is 24.9 Å². The van der Waals surface area contributed by atoms with E-state index in [1.165, 1.54) is 0 Å². The predicted molar refractivity (Wildman–Crippen MR) is 58.8 cm³/mol. The van der Waals surface area contributed by atoms with Crippen LogP contribution in [0.3, 0.4) is 0 Å². The molecule has 2 heterocycles. The summed E-state index contributed by atoms with van der Waals surface area (Å²) in [4.78, 5) is 2.07. The molecule has 82 valence electrons. The van der Waals surface area contributed by atoms with Crippen molar-refractivity contribution in [1.29, 1.82) is 0 Å². The van der Waals surface area contributed by atoms with Crippen LogP contribution in [0.15, 0.2) is 12.3 Å². The van der Waals surface area contributed by atoms with Crippen molar-refractivity contribution >= 4 is 5.82 Å². The van der Waals surface area contributed by atoms with E-state index >= 15 is 0 Å². The minimum Gasteiger partial charge on any atom is -0.386 e. The van der Waals surface area contributed by atoms with E-state index in [4.69, 9.17) is 0 Å². The standard InChI is InChI=1S/C11H17N3O/c1-3-4-11(15)7-14(8-11)10-5-9(2)6-12-13-10/h5-6,15H,3-4,7-8H2,1-2H3. The van der Waals surface area contributed by atoms with Gasteiger partial charge in [-0.25, -0.2) is 0 Å². The lowest BCUT2D eigenvalue weighted by atomic mass is 9.89. The van der Waals surface area contributed by atoms with Crippen molar-refractivity contribution in [3.05, 3.63) is 17.8 Å². The monoisotopic (exact) mass is 207 g/mol. The molecule has 0 bridgehead atoms. The molecule has 0 spiro atoms. The highest BCUT2D eigenvalue weighted by molar-refractivity contribution is 5.44. The first-order chi connectivity index (χ1) is 7.13. The molecule has 0 aliphatic carbocycles. The number of β-amino-alcohol motifs (C(OH)–C–C–N with tert-alkyl or cyclic N) is 1. The Morgan fingerprint density at radius 2 is 2.27 bits per heavy atom. The van der Waals surface area contributed by atoms with Gasteiger partial charge in [-0.3, -0.25) is 0 Å². The summed E-state index contributed by atoms with van der Waals surface area (Å²) in [5, 5.41) is 18.0. The van der Waals surface area contributed by atoms with Gasteiger partial charge in [0.25, 0.3) is 0 Å². The van der Waals surface area contributed by atoms with Gasteiger partial charge in [-0.2, -0.15) is 5.10 Å². The zero-order valence-corrected chi connectivity index (χ0v) is 9.27. The first-order valence-electron chi connectivity index (χ1n) is 5.40. The first kappa shape index (κ1) is 10.4. The molecule has 1 N–H and O–H groups in total. The second kappa shape index (κ2) is 3.77. The third-order valence-electron chi connectivity index (χ3n) is 2.79. The number of aliphatic hydroxyl groups is 1. The summed E-state index contributed by atoms with van der Waals surface area (Å²) in [5.74, 6) is 0.871. The second-order valence-corrected chi connectivity index (χ2v) is 4.42. The molecule has 1 aliphatic heterocycles. The van der Waals surface area contributed by atoms with Crippen molar-refractivity contribution in [1.82, 2.24) is 10.2 Å². The van der Waals surface area contributed by atoms with Gasteiger partial charge in [-0.05, 0) is 25.0 Å². The Hall–Kier alpha value is -1.16. The van der Waals surface area contributed by atoms with Crippen LogP contribution in [0.1, 0.15) is 25.3 Å². The van der Waals surface area contributed by atoms with Crippen LogP contribution in [0.5, 0.6) is 0 Å². The number of hydrogen-bond donors (Lipinski definition) is 1. The van der Waals surface area contributed by atoms with Crippen LogP contribution in [0, 0.1) is 6.92 Å². The minimum atomic E-state index is -0.500. The molecular formula is C11H17N3O. The molecule has 2 rings (SSSR count). The molecule has 1 fully saturated rings. The molecule has 4 nitrogen and oxygen atoms in total. The first-order valence-corrected chi connectivity index (χ1v) is 5.40. The molecule has 1 aliphatic rings. The number of aryl methyl sites for hydroxylation is 1. The Balaban J connectivity index is 2.00. The van der Waals surface area contributed by atoms with E-state index in [9.17, 15) is 5.11 Å². The van der Waals surface area contributed by atoms with E-state index in [1.54, 1.807) is 6.20 Å². The molecule has 1 aromatic rings. The van der Waals surface area contributed by atoms with Gasteiger partial charge in [-0.15, -0.1) is 5.10 Å². The zero-order valence-electron chi connectivity index (χ0n) is 9.27. The van der Waals surface area contributed by atoms with Crippen molar-refractivity contribution in [3.8, 4) is 0 Å². The second-order valence-electron chi connectivity index (χ2n) is 4.42. The number of hydrogen-bond acceptors (Lipinski definition) is 4. The van der Waals surface area contributed by atoms with Gasteiger partial charge >= 0.3 is 0 Å². The summed E-state index contributed by atoms with van der Waals surface area (Å²) < 4.78 is 0. The molecule has 0 saturated carbocycles. The van der Waals surface area contributed by atoms with Crippen LogP contribution in [0.25, 0.3) is 0 Å². The maximum atomic E-state index is 10.0. The van der Waals surface area contributed by atoms with Gasteiger partial charge in [0, 0.05) is 0 Å². The van der Waals surface area contributed by atoms with Crippen molar-refractivity contribution in [2.75, 3.05) is 18.0 Å². The quantitative estimate of drug-likeness (QED) is 0.807. The lowest BCUT2D eigenvalue weighted by molar-refractivity contribution is 0.00285. The zero-order chi connectivity index (χ0) is 10.9. The minimum absolute atomic E-state index is 0.500. The van der Waals surface area contributed by atoms with E-state index in [2.05, 4.69) is 22.0 Å². The van der Waals surface area contributed by atoms with Crippen LogP contribution < -0.4 is 4.90 Å². The predicted octanol–water partition coefficient (Wildman–Crippen LogP) is 1.14. The van der Waals surface area contributed by atoms with Crippen LogP contribution in [0.4, 0.5) is 5.82 Å². The number of rotatable bonds is 3. The Labute approximate surface area is 89.9 Å². The van der Waals surface area contributed by atoms with Crippen LogP contribution in [-0.4, -0.2) is 34.0 Å². The summed E-state index contributed by atoms with van der Waals surface area (Å²) in [5.41, 5.74) is 0.603. The number of anilines is 1. The Morgan fingerprint density at radius 3 is 2.87 bits per heavy atom. The third kappa shape index (κ3) is 2.09. The molecular weight excluding hydrogens is 190 g/mol. The SMILES string of the molecule is CCCC1(O)CN(c2cc(C)cnn2)C1. The molecule has 0 radical (unpaired) electrons. The van der Waals surface area contributed by atoms with E-state index in [0.29, 0.717) is 13.1 Å². The largest absolute Gasteiger partial charge is 0.386 e. The van der Waals surface area contributed by atoms with Crippen molar-refractivity contribution < 1.29 is 5.11 Å². The smallest absolute Gasteiger partial charge is 0.151 e. The molecule has 0 atom stereocenters. The van der Waals surface area contributed by atoms with E-state index < -0.39 is 5.60 Å².